The Hall–Kier alpha value is -2.40. The van der Waals surface area contributed by atoms with Gasteiger partial charge in [0.1, 0.15) is 5.41 Å². The van der Waals surface area contributed by atoms with Crippen LogP contribution in [0.25, 0.3) is 0 Å². The van der Waals surface area contributed by atoms with Gasteiger partial charge in [-0.3, -0.25) is 4.79 Å². The number of carbonyl (C=O) groups excluding carboxylic acids is 1. The average molecular weight is 275 g/mol. The molecule has 1 aliphatic rings. The van der Waals surface area contributed by atoms with Crippen LogP contribution < -0.4 is 0 Å². The van der Waals surface area contributed by atoms with Crippen molar-refractivity contribution < 1.29 is 4.79 Å². The predicted octanol–water partition coefficient (Wildman–Crippen LogP) is 4.20. The molecule has 2 nitrogen and oxygen atoms in total. The number of nitriles is 1. The fourth-order valence-corrected chi connectivity index (χ4v) is 3.58. The molecule has 0 bridgehead atoms. The summed E-state index contributed by atoms with van der Waals surface area (Å²) in [5.41, 5.74) is 0.366. The molecule has 0 saturated heterocycles. The predicted molar refractivity (Wildman–Crippen MR) is 81.8 cm³/mol. The summed E-state index contributed by atoms with van der Waals surface area (Å²) in [4.78, 5) is 12.9. The average Bonchev–Trinajstić information content (AvgIpc) is 3.05. The van der Waals surface area contributed by atoms with E-state index in [-0.39, 0.29) is 17.1 Å². The zero-order chi connectivity index (χ0) is 15.1. The molecular weight excluding hydrogens is 258 g/mol. The lowest BCUT2D eigenvalue weighted by atomic mass is 9.88. The van der Waals surface area contributed by atoms with Crippen molar-refractivity contribution in [2.24, 2.45) is 10.8 Å². The van der Waals surface area contributed by atoms with Crippen molar-refractivity contribution >= 4 is 5.78 Å². The lowest BCUT2D eigenvalue weighted by molar-refractivity contribution is 0.0911. The van der Waals surface area contributed by atoms with E-state index < -0.39 is 5.41 Å². The fraction of sp³-hybridized carbons (Fsp3) is 0.263. The molecule has 0 amide bonds. The minimum atomic E-state index is -0.963. The van der Waals surface area contributed by atoms with Crippen LogP contribution in [0.1, 0.15) is 35.7 Å². The molecule has 0 heterocycles. The van der Waals surface area contributed by atoms with Gasteiger partial charge in [-0.05, 0) is 5.56 Å². The van der Waals surface area contributed by atoms with Gasteiger partial charge in [0.15, 0.2) is 5.78 Å². The molecule has 3 rings (SSSR count). The Morgan fingerprint density at radius 2 is 1.52 bits per heavy atom. The number of rotatable bonds is 3. The van der Waals surface area contributed by atoms with Crippen molar-refractivity contribution in [2.45, 2.75) is 19.8 Å². The number of nitrogens with zero attached hydrogens (tertiary/aromatic N) is 1. The number of hydrogen-bond donors (Lipinski definition) is 0. The van der Waals surface area contributed by atoms with Gasteiger partial charge in [0.25, 0.3) is 0 Å². The van der Waals surface area contributed by atoms with E-state index in [2.05, 4.69) is 6.07 Å². The van der Waals surface area contributed by atoms with Crippen molar-refractivity contribution in [3.8, 4) is 6.07 Å². The van der Waals surface area contributed by atoms with Crippen molar-refractivity contribution in [2.75, 3.05) is 0 Å². The highest BCUT2D eigenvalue weighted by Crippen LogP contribution is 2.74. The van der Waals surface area contributed by atoms with E-state index in [0.717, 1.165) is 5.56 Å². The molecule has 2 aromatic carbocycles. The summed E-state index contributed by atoms with van der Waals surface area (Å²) in [5.74, 6) is -0.117. The zero-order valence-electron chi connectivity index (χ0n) is 12.2. The third-order valence-electron chi connectivity index (χ3n) is 4.79. The van der Waals surface area contributed by atoms with E-state index in [1.165, 1.54) is 0 Å². The molecule has 1 saturated carbocycles. The molecule has 104 valence electrons. The highest BCUT2D eigenvalue weighted by atomic mass is 16.1. The van der Waals surface area contributed by atoms with Gasteiger partial charge in [0.05, 0.1) is 6.07 Å². The molecule has 2 heteroatoms. The Kier molecular flexibility index (Phi) is 2.95. The lowest BCUT2D eigenvalue weighted by Crippen LogP contribution is -2.20. The molecule has 0 aromatic heterocycles. The van der Waals surface area contributed by atoms with Gasteiger partial charge in [-0.1, -0.05) is 74.5 Å². The van der Waals surface area contributed by atoms with Crippen LogP contribution in [0.4, 0.5) is 0 Å². The van der Waals surface area contributed by atoms with Gasteiger partial charge in [0.2, 0.25) is 0 Å². The monoisotopic (exact) mass is 275 g/mol. The number of ketones is 1. The Morgan fingerprint density at radius 3 is 2.05 bits per heavy atom. The second kappa shape index (κ2) is 4.56. The third kappa shape index (κ3) is 1.74. The van der Waals surface area contributed by atoms with Crippen LogP contribution in [0.3, 0.4) is 0 Å². The molecule has 2 atom stereocenters. The minimum absolute atomic E-state index is 0.0519. The number of Topliss-reactive ketones (excluding diaryl/α,β-unsaturated/α-hetero) is 1. The van der Waals surface area contributed by atoms with Crippen LogP contribution >= 0.6 is 0 Å². The molecule has 0 spiro atoms. The molecule has 1 aliphatic carbocycles. The van der Waals surface area contributed by atoms with Crippen LogP contribution in [0.15, 0.2) is 60.7 Å². The van der Waals surface area contributed by atoms with Gasteiger partial charge < -0.3 is 0 Å². The Morgan fingerprint density at radius 1 is 1.00 bits per heavy atom. The number of hydrogen-bond acceptors (Lipinski definition) is 2. The topological polar surface area (TPSA) is 40.9 Å². The Balaban J connectivity index is 2.07. The largest absolute Gasteiger partial charge is 0.292 e. The number of carbonyl (C=O) groups is 1. The first-order valence-corrected chi connectivity index (χ1v) is 7.12. The van der Waals surface area contributed by atoms with Gasteiger partial charge >= 0.3 is 0 Å². The van der Waals surface area contributed by atoms with Crippen LogP contribution in [-0.2, 0) is 0 Å². The van der Waals surface area contributed by atoms with Gasteiger partial charge in [-0.25, -0.2) is 0 Å². The first-order chi connectivity index (χ1) is 10.1. The van der Waals surface area contributed by atoms with E-state index >= 15 is 0 Å². The van der Waals surface area contributed by atoms with Crippen molar-refractivity contribution in [1.82, 2.24) is 0 Å². The molecule has 0 aliphatic heterocycles. The summed E-state index contributed by atoms with van der Waals surface area (Å²) in [6, 6.07) is 21.3. The van der Waals surface area contributed by atoms with Crippen LogP contribution in [0.2, 0.25) is 0 Å². The highest BCUT2D eigenvalue weighted by Gasteiger charge is 2.76. The van der Waals surface area contributed by atoms with Gasteiger partial charge in [0, 0.05) is 16.9 Å². The minimum Gasteiger partial charge on any atom is -0.292 e. The van der Waals surface area contributed by atoms with E-state index in [1.54, 1.807) is 12.1 Å². The Bertz CT molecular complexity index is 712. The summed E-state index contributed by atoms with van der Waals surface area (Å²) in [6.45, 7) is 4.02. The summed E-state index contributed by atoms with van der Waals surface area (Å²) < 4.78 is 0. The third-order valence-corrected chi connectivity index (χ3v) is 4.79. The fourth-order valence-electron chi connectivity index (χ4n) is 3.58. The van der Waals surface area contributed by atoms with Gasteiger partial charge in [-0.15, -0.1) is 0 Å². The number of benzene rings is 2. The summed E-state index contributed by atoms with van der Waals surface area (Å²) in [5, 5.41) is 9.78. The smallest absolute Gasteiger partial charge is 0.184 e. The second-order valence-corrected chi connectivity index (χ2v) is 6.18. The second-order valence-electron chi connectivity index (χ2n) is 6.18. The maximum atomic E-state index is 12.9. The van der Waals surface area contributed by atoms with E-state index in [4.69, 9.17) is 0 Å². The first kappa shape index (κ1) is 13.6. The quantitative estimate of drug-likeness (QED) is 0.787. The standard InChI is InChI=1S/C19H17NO/c1-18(2)16(14-9-5-3-6-10-14)19(18,13-20)17(21)15-11-7-4-8-12-15/h3-12,16H,1-2H3. The highest BCUT2D eigenvalue weighted by molar-refractivity contribution is 6.06. The summed E-state index contributed by atoms with van der Waals surface area (Å²) in [7, 11) is 0. The molecule has 0 N–H and O–H groups in total. The van der Waals surface area contributed by atoms with E-state index in [9.17, 15) is 10.1 Å². The maximum Gasteiger partial charge on any atom is 0.184 e. The van der Waals surface area contributed by atoms with E-state index in [0.29, 0.717) is 5.56 Å². The normalized spacial score (nSPS) is 25.9. The van der Waals surface area contributed by atoms with E-state index in [1.807, 2.05) is 62.4 Å². The maximum absolute atomic E-state index is 12.9. The summed E-state index contributed by atoms with van der Waals surface area (Å²) in [6.07, 6.45) is 0. The lowest BCUT2D eigenvalue weighted by Gasteiger charge is -2.10. The SMILES string of the molecule is CC1(C)C(c2ccccc2)C1(C#N)C(=O)c1ccccc1. The summed E-state index contributed by atoms with van der Waals surface area (Å²) >= 11 is 0. The zero-order valence-corrected chi connectivity index (χ0v) is 12.2. The van der Waals surface area contributed by atoms with Crippen LogP contribution in [-0.4, -0.2) is 5.78 Å². The van der Waals surface area contributed by atoms with Crippen LogP contribution in [0, 0.1) is 22.2 Å². The molecule has 0 radical (unpaired) electrons. The Labute approximate surface area is 125 Å². The van der Waals surface area contributed by atoms with Crippen molar-refractivity contribution in [3.63, 3.8) is 0 Å². The molecule has 1 fully saturated rings. The van der Waals surface area contributed by atoms with Crippen molar-refractivity contribution in [3.05, 3.63) is 71.8 Å². The molecule has 2 aromatic rings. The molecular formula is C19H17NO. The van der Waals surface area contributed by atoms with Crippen molar-refractivity contribution in [1.29, 1.82) is 5.26 Å². The first-order valence-electron chi connectivity index (χ1n) is 7.12. The van der Waals surface area contributed by atoms with Gasteiger partial charge in [-0.2, -0.15) is 5.26 Å². The van der Waals surface area contributed by atoms with Crippen LogP contribution in [0.5, 0.6) is 0 Å². The molecule has 21 heavy (non-hydrogen) atoms. The molecule has 2 unspecified atom stereocenters.